The molecule has 1 N–H and O–H groups in total. The molecule has 0 radical (unpaired) electrons. The number of hydrogen-bond acceptors (Lipinski definition) is 4. The molecular weight excluding hydrogens is 264 g/mol. The van der Waals surface area contributed by atoms with Gasteiger partial charge in [0.25, 0.3) is 0 Å². The van der Waals surface area contributed by atoms with Gasteiger partial charge in [-0.25, -0.2) is 0 Å². The lowest BCUT2D eigenvalue weighted by Crippen LogP contribution is -2.28. The second-order valence-corrected chi connectivity index (χ2v) is 5.90. The second-order valence-electron chi connectivity index (χ2n) is 5.90. The van der Waals surface area contributed by atoms with E-state index in [0.29, 0.717) is 6.04 Å². The highest BCUT2D eigenvalue weighted by Gasteiger charge is 2.20. The van der Waals surface area contributed by atoms with Crippen LogP contribution in [0.25, 0.3) is 0 Å². The predicted molar refractivity (Wildman–Crippen MR) is 86.2 cm³/mol. The number of nitrogens with one attached hydrogen (secondary N) is 1. The van der Waals surface area contributed by atoms with Gasteiger partial charge in [0.05, 0.1) is 14.2 Å². The SMILES string of the molecule is CCC(NCC1CCN(C)C1)c1ccc(OC)c(OC)c1. The van der Waals surface area contributed by atoms with Gasteiger partial charge < -0.3 is 19.7 Å². The summed E-state index contributed by atoms with van der Waals surface area (Å²) in [5, 5.41) is 3.71. The van der Waals surface area contributed by atoms with E-state index in [4.69, 9.17) is 9.47 Å². The van der Waals surface area contributed by atoms with Gasteiger partial charge in [-0.15, -0.1) is 0 Å². The van der Waals surface area contributed by atoms with Gasteiger partial charge in [0.1, 0.15) is 0 Å². The van der Waals surface area contributed by atoms with Crippen LogP contribution in [0.15, 0.2) is 18.2 Å². The number of benzene rings is 1. The van der Waals surface area contributed by atoms with E-state index >= 15 is 0 Å². The maximum absolute atomic E-state index is 5.40. The fraction of sp³-hybridized carbons (Fsp3) is 0.647. The monoisotopic (exact) mass is 292 g/mol. The zero-order valence-electron chi connectivity index (χ0n) is 13.7. The Morgan fingerprint density at radius 3 is 2.62 bits per heavy atom. The molecule has 2 rings (SSSR count). The molecule has 21 heavy (non-hydrogen) atoms. The van der Waals surface area contributed by atoms with Crippen molar-refractivity contribution in [3.05, 3.63) is 23.8 Å². The molecule has 0 spiro atoms. The van der Waals surface area contributed by atoms with Crippen LogP contribution in [0.2, 0.25) is 0 Å². The van der Waals surface area contributed by atoms with Crippen molar-refractivity contribution in [1.29, 1.82) is 0 Å². The number of methoxy groups -OCH3 is 2. The minimum Gasteiger partial charge on any atom is -0.493 e. The second kappa shape index (κ2) is 7.66. The van der Waals surface area contributed by atoms with Gasteiger partial charge in [0, 0.05) is 12.6 Å². The highest BCUT2D eigenvalue weighted by atomic mass is 16.5. The number of ether oxygens (including phenoxy) is 2. The van der Waals surface area contributed by atoms with Crippen molar-refractivity contribution in [2.45, 2.75) is 25.8 Å². The molecule has 1 aliphatic rings. The quantitative estimate of drug-likeness (QED) is 0.838. The zero-order chi connectivity index (χ0) is 15.2. The molecule has 118 valence electrons. The molecule has 1 aliphatic heterocycles. The number of nitrogens with zero attached hydrogens (tertiary/aromatic N) is 1. The molecule has 1 aromatic rings. The fourth-order valence-electron chi connectivity index (χ4n) is 3.07. The smallest absolute Gasteiger partial charge is 0.161 e. The van der Waals surface area contributed by atoms with Crippen molar-refractivity contribution in [1.82, 2.24) is 10.2 Å². The molecule has 1 heterocycles. The van der Waals surface area contributed by atoms with Crippen LogP contribution < -0.4 is 14.8 Å². The van der Waals surface area contributed by atoms with Crippen molar-refractivity contribution < 1.29 is 9.47 Å². The molecule has 0 bridgehead atoms. The Kier molecular flexibility index (Phi) is 5.88. The van der Waals surface area contributed by atoms with Crippen molar-refractivity contribution in [2.24, 2.45) is 5.92 Å². The predicted octanol–water partition coefficient (Wildman–Crippen LogP) is 2.70. The summed E-state index contributed by atoms with van der Waals surface area (Å²) in [6.07, 6.45) is 2.36. The highest BCUT2D eigenvalue weighted by molar-refractivity contribution is 5.43. The lowest BCUT2D eigenvalue weighted by Gasteiger charge is -2.21. The third kappa shape index (κ3) is 4.11. The molecular formula is C17H28N2O2. The largest absolute Gasteiger partial charge is 0.493 e. The van der Waals surface area contributed by atoms with E-state index in [1.54, 1.807) is 14.2 Å². The summed E-state index contributed by atoms with van der Waals surface area (Å²) in [6, 6.07) is 6.57. The third-order valence-electron chi connectivity index (χ3n) is 4.36. The average molecular weight is 292 g/mol. The van der Waals surface area contributed by atoms with Gasteiger partial charge in [-0.1, -0.05) is 13.0 Å². The maximum Gasteiger partial charge on any atom is 0.161 e. The highest BCUT2D eigenvalue weighted by Crippen LogP contribution is 2.31. The lowest BCUT2D eigenvalue weighted by molar-refractivity contribution is 0.352. The van der Waals surface area contributed by atoms with Crippen LogP contribution in [0.3, 0.4) is 0 Å². The Balaban J connectivity index is 1.99. The Morgan fingerprint density at radius 1 is 1.29 bits per heavy atom. The molecule has 1 saturated heterocycles. The summed E-state index contributed by atoms with van der Waals surface area (Å²) in [5.41, 5.74) is 1.27. The zero-order valence-corrected chi connectivity index (χ0v) is 13.7. The van der Waals surface area contributed by atoms with Crippen LogP contribution in [-0.4, -0.2) is 45.8 Å². The number of rotatable bonds is 7. The van der Waals surface area contributed by atoms with E-state index in [1.165, 1.54) is 25.1 Å². The Bertz CT molecular complexity index is 450. The van der Waals surface area contributed by atoms with Gasteiger partial charge in [-0.05, 0) is 56.6 Å². The molecule has 1 aromatic carbocycles. The average Bonchev–Trinajstić information content (AvgIpc) is 2.93. The molecule has 0 aromatic heterocycles. The molecule has 0 amide bonds. The summed E-state index contributed by atoms with van der Waals surface area (Å²) in [5.74, 6) is 2.36. The van der Waals surface area contributed by atoms with Crippen LogP contribution >= 0.6 is 0 Å². The minimum absolute atomic E-state index is 0.371. The number of likely N-dealkylation sites (tertiary alicyclic amines) is 1. The van der Waals surface area contributed by atoms with E-state index < -0.39 is 0 Å². The molecule has 4 heteroatoms. The third-order valence-corrected chi connectivity index (χ3v) is 4.36. The van der Waals surface area contributed by atoms with Gasteiger partial charge >= 0.3 is 0 Å². The van der Waals surface area contributed by atoms with Crippen molar-refractivity contribution >= 4 is 0 Å². The van der Waals surface area contributed by atoms with Crippen molar-refractivity contribution in [3.63, 3.8) is 0 Å². The molecule has 0 aliphatic carbocycles. The first-order chi connectivity index (χ1) is 10.2. The van der Waals surface area contributed by atoms with Gasteiger partial charge in [-0.2, -0.15) is 0 Å². The van der Waals surface area contributed by atoms with E-state index in [0.717, 1.165) is 30.4 Å². The Hall–Kier alpha value is -1.26. The summed E-state index contributed by atoms with van der Waals surface area (Å²) >= 11 is 0. The summed E-state index contributed by atoms with van der Waals surface area (Å²) < 4.78 is 10.7. The molecule has 0 saturated carbocycles. The summed E-state index contributed by atoms with van der Waals surface area (Å²) in [7, 11) is 5.56. The van der Waals surface area contributed by atoms with E-state index in [-0.39, 0.29) is 0 Å². The molecule has 1 fully saturated rings. The lowest BCUT2D eigenvalue weighted by atomic mass is 10.0. The van der Waals surface area contributed by atoms with E-state index in [1.807, 2.05) is 6.07 Å². The first-order valence-corrected chi connectivity index (χ1v) is 7.81. The van der Waals surface area contributed by atoms with Crippen LogP contribution in [0, 0.1) is 5.92 Å². The van der Waals surface area contributed by atoms with Gasteiger partial charge in [-0.3, -0.25) is 0 Å². The van der Waals surface area contributed by atoms with Crippen LogP contribution in [0.1, 0.15) is 31.4 Å². The van der Waals surface area contributed by atoms with Crippen molar-refractivity contribution in [2.75, 3.05) is 40.9 Å². The fourth-order valence-corrected chi connectivity index (χ4v) is 3.07. The topological polar surface area (TPSA) is 33.7 Å². The Morgan fingerprint density at radius 2 is 2.05 bits per heavy atom. The van der Waals surface area contributed by atoms with Crippen LogP contribution in [-0.2, 0) is 0 Å². The van der Waals surface area contributed by atoms with Gasteiger partial charge in [0.15, 0.2) is 11.5 Å². The summed E-state index contributed by atoms with van der Waals surface area (Å²) in [4.78, 5) is 2.41. The Labute approximate surface area is 128 Å². The molecule has 2 unspecified atom stereocenters. The maximum atomic E-state index is 5.40. The van der Waals surface area contributed by atoms with E-state index in [9.17, 15) is 0 Å². The minimum atomic E-state index is 0.371. The van der Waals surface area contributed by atoms with Crippen LogP contribution in [0.5, 0.6) is 11.5 Å². The van der Waals surface area contributed by atoms with E-state index in [2.05, 4.69) is 36.3 Å². The van der Waals surface area contributed by atoms with Crippen molar-refractivity contribution in [3.8, 4) is 11.5 Å². The first-order valence-electron chi connectivity index (χ1n) is 7.81. The standard InChI is InChI=1S/C17H28N2O2/c1-5-15(18-11-13-8-9-19(2)12-13)14-6-7-16(20-3)17(10-14)21-4/h6-7,10,13,15,18H,5,8-9,11-12H2,1-4H3. The summed E-state index contributed by atoms with van der Waals surface area (Å²) in [6.45, 7) is 5.72. The van der Waals surface area contributed by atoms with Crippen LogP contribution in [0.4, 0.5) is 0 Å². The van der Waals surface area contributed by atoms with Gasteiger partial charge in [0.2, 0.25) is 0 Å². The normalized spacial score (nSPS) is 20.5. The molecule has 2 atom stereocenters. The number of hydrogen-bond donors (Lipinski definition) is 1. The first kappa shape index (κ1) is 16.1. The molecule has 4 nitrogen and oxygen atoms in total.